The first-order chi connectivity index (χ1) is 10.1. The summed E-state index contributed by atoms with van der Waals surface area (Å²) >= 11 is 9.36. The van der Waals surface area contributed by atoms with Crippen molar-refractivity contribution >= 4 is 33.4 Å². The van der Waals surface area contributed by atoms with E-state index in [1.165, 1.54) is 0 Å². The molecule has 21 heavy (non-hydrogen) atoms. The van der Waals surface area contributed by atoms with Crippen LogP contribution < -0.4 is 0 Å². The van der Waals surface area contributed by atoms with Gasteiger partial charge in [0.1, 0.15) is 0 Å². The summed E-state index contributed by atoms with van der Waals surface area (Å²) in [6.07, 6.45) is 0.812. The number of amides is 1. The minimum Gasteiger partial charge on any atom is -0.336 e. The third kappa shape index (κ3) is 3.76. The molecule has 1 atom stereocenters. The first kappa shape index (κ1) is 16.3. The molecule has 0 N–H and O–H groups in total. The van der Waals surface area contributed by atoms with Crippen LogP contribution in [0.2, 0.25) is 5.02 Å². The molecule has 0 saturated carbocycles. The normalized spacial score (nSPS) is 17.3. The lowest BCUT2D eigenvalue weighted by Crippen LogP contribution is -2.51. The van der Waals surface area contributed by atoms with E-state index in [2.05, 4.69) is 26.9 Å². The highest BCUT2D eigenvalue weighted by molar-refractivity contribution is 9.10. The van der Waals surface area contributed by atoms with Crippen LogP contribution in [0.5, 0.6) is 0 Å². The zero-order valence-corrected chi connectivity index (χ0v) is 14.2. The van der Waals surface area contributed by atoms with Crippen LogP contribution in [-0.2, 0) is 0 Å². The van der Waals surface area contributed by atoms with Gasteiger partial charge >= 0.3 is 0 Å². The van der Waals surface area contributed by atoms with Crippen LogP contribution >= 0.6 is 27.5 Å². The molecule has 1 aromatic carbocycles. The monoisotopic (exact) mass is 369 g/mol. The maximum Gasteiger partial charge on any atom is 0.253 e. The van der Waals surface area contributed by atoms with E-state index in [0.29, 0.717) is 23.7 Å². The first-order valence-electron chi connectivity index (χ1n) is 6.94. The number of rotatable bonds is 3. The van der Waals surface area contributed by atoms with Gasteiger partial charge in [0.25, 0.3) is 5.91 Å². The summed E-state index contributed by atoms with van der Waals surface area (Å²) in [4.78, 5) is 16.4. The Kier molecular flexibility index (Phi) is 5.63. The molecule has 1 saturated heterocycles. The van der Waals surface area contributed by atoms with Crippen LogP contribution in [0.25, 0.3) is 0 Å². The predicted octanol–water partition coefficient (Wildman–Crippen LogP) is 3.16. The summed E-state index contributed by atoms with van der Waals surface area (Å²) in [5.74, 6) is -0.00550. The fraction of sp³-hybridized carbons (Fsp3) is 0.467. The number of nitriles is 1. The lowest BCUT2D eigenvalue weighted by molar-refractivity contribution is 0.0604. The van der Waals surface area contributed by atoms with E-state index >= 15 is 0 Å². The Balaban J connectivity index is 2.00. The number of halogens is 2. The highest BCUT2D eigenvalue weighted by Gasteiger charge is 2.25. The first-order valence-corrected chi connectivity index (χ1v) is 8.12. The molecule has 2 rings (SSSR count). The van der Waals surface area contributed by atoms with E-state index < -0.39 is 0 Å². The summed E-state index contributed by atoms with van der Waals surface area (Å²) in [5, 5.41) is 9.63. The zero-order valence-electron chi connectivity index (χ0n) is 11.9. The molecule has 1 aliphatic heterocycles. The largest absolute Gasteiger partial charge is 0.336 e. The number of carbonyl (C=O) groups is 1. The van der Waals surface area contributed by atoms with Crippen molar-refractivity contribution in [3.8, 4) is 6.07 Å². The van der Waals surface area contributed by atoms with Gasteiger partial charge in [0.2, 0.25) is 0 Å². The van der Waals surface area contributed by atoms with Gasteiger partial charge < -0.3 is 4.90 Å². The minimum absolute atomic E-state index is 0.00550. The van der Waals surface area contributed by atoms with Gasteiger partial charge in [-0.2, -0.15) is 5.26 Å². The van der Waals surface area contributed by atoms with Crippen molar-refractivity contribution in [1.29, 1.82) is 5.26 Å². The molecule has 4 nitrogen and oxygen atoms in total. The van der Waals surface area contributed by atoms with Crippen LogP contribution in [0, 0.1) is 11.3 Å². The third-order valence-corrected chi connectivity index (χ3v) is 4.98. The Labute approximate surface area is 138 Å². The van der Waals surface area contributed by atoms with Crippen LogP contribution in [0.3, 0.4) is 0 Å². The highest BCUT2D eigenvalue weighted by atomic mass is 79.9. The van der Waals surface area contributed by atoms with Gasteiger partial charge in [-0.25, -0.2) is 0 Å². The SMILES string of the molecule is CCC(C#N)N1CCN(C(=O)c2ccc(Br)c(Cl)c2)CC1. The fourth-order valence-corrected chi connectivity index (χ4v) is 2.91. The average molecular weight is 371 g/mol. The Hall–Kier alpha value is -1.09. The van der Waals surface area contributed by atoms with E-state index in [9.17, 15) is 4.79 Å². The van der Waals surface area contributed by atoms with Gasteiger partial charge in [0, 0.05) is 36.2 Å². The maximum absolute atomic E-state index is 12.4. The molecule has 1 amide bonds. The summed E-state index contributed by atoms with van der Waals surface area (Å²) in [6.45, 7) is 4.77. The number of hydrogen-bond donors (Lipinski definition) is 0. The van der Waals surface area contributed by atoms with E-state index in [4.69, 9.17) is 16.9 Å². The van der Waals surface area contributed by atoms with E-state index in [1.54, 1.807) is 18.2 Å². The van der Waals surface area contributed by atoms with E-state index in [0.717, 1.165) is 24.0 Å². The number of piperazine rings is 1. The fourth-order valence-electron chi connectivity index (χ4n) is 2.48. The summed E-state index contributed by atoms with van der Waals surface area (Å²) in [5.41, 5.74) is 0.601. The Morgan fingerprint density at radius 2 is 2.10 bits per heavy atom. The van der Waals surface area contributed by atoms with Crippen molar-refractivity contribution in [3.05, 3.63) is 33.3 Å². The second-order valence-electron chi connectivity index (χ2n) is 5.01. The standard InChI is InChI=1S/C15H17BrClN3O/c1-2-12(10-18)19-5-7-20(8-6-19)15(21)11-3-4-13(16)14(17)9-11/h3-4,9,12H,2,5-8H2,1H3. The Morgan fingerprint density at radius 1 is 1.43 bits per heavy atom. The summed E-state index contributed by atoms with van der Waals surface area (Å²) in [6, 6.07) is 7.50. The Morgan fingerprint density at radius 3 is 2.62 bits per heavy atom. The van der Waals surface area contributed by atoms with Gasteiger partial charge in [-0.15, -0.1) is 0 Å². The van der Waals surface area contributed by atoms with Crippen LogP contribution in [0.15, 0.2) is 22.7 Å². The predicted molar refractivity (Wildman–Crippen MR) is 86.3 cm³/mol. The molecule has 0 radical (unpaired) electrons. The molecule has 1 heterocycles. The molecule has 1 aromatic rings. The molecule has 0 spiro atoms. The number of benzene rings is 1. The molecular formula is C15H17BrClN3O. The smallest absolute Gasteiger partial charge is 0.253 e. The molecular weight excluding hydrogens is 354 g/mol. The lowest BCUT2D eigenvalue weighted by atomic mass is 10.1. The number of carbonyl (C=O) groups excluding carboxylic acids is 1. The van der Waals surface area contributed by atoms with Crippen molar-refractivity contribution in [2.24, 2.45) is 0 Å². The maximum atomic E-state index is 12.4. The van der Waals surface area contributed by atoms with Gasteiger partial charge in [-0.05, 0) is 40.5 Å². The Bertz CT molecular complexity index is 565. The van der Waals surface area contributed by atoms with Crippen LogP contribution in [0.1, 0.15) is 23.7 Å². The van der Waals surface area contributed by atoms with Gasteiger partial charge in [-0.1, -0.05) is 18.5 Å². The summed E-state index contributed by atoms with van der Waals surface area (Å²) in [7, 11) is 0. The van der Waals surface area contributed by atoms with Crippen molar-refractivity contribution in [2.75, 3.05) is 26.2 Å². The van der Waals surface area contributed by atoms with Crippen molar-refractivity contribution < 1.29 is 4.79 Å². The zero-order chi connectivity index (χ0) is 15.4. The average Bonchev–Trinajstić information content (AvgIpc) is 2.51. The molecule has 1 aliphatic rings. The molecule has 0 aromatic heterocycles. The van der Waals surface area contributed by atoms with Crippen molar-refractivity contribution in [3.63, 3.8) is 0 Å². The molecule has 112 valence electrons. The minimum atomic E-state index is -0.0515. The molecule has 1 unspecified atom stereocenters. The van der Waals surface area contributed by atoms with Gasteiger partial charge in [-0.3, -0.25) is 9.69 Å². The topological polar surface area (TPSA) is 47.3 Å². The molecule has 6 heteroatoms. The molecule has 0 aliphatic carbocycles. The summed E-state index contributed by atoms with van der Waals surface area (Å²) < 4.78 is 0.783. The molecule has 0 bridgehead atoms. The highest BCUT2D eigenvalue weighted by Crippen LogP contribution is 2.24. The second kappa shape index (κ2) is 7.26. The van der Waals surface area contributed by atoms with E-state index in [-0.39, 0.29) is 11.9 Å². The van der Waals surface area contributed by atoms with Crippen molar-refractivity contribution in [1.82, 2.24) is 9.80 Å². The third-order valence-electron chi connectivity index (χ3n) is 3.74. The van der Waals surface area contributed by atoms with E-state index in [1.807, 2.05) is 11.8 Å². The number of nitrogens with zero attached hydrogens (tertiary/aromatic N) is 3. The second-order valence-corrected chi connectivity index (χ2v) is 6.27. The lowest BCUT2D eigenvalue weighted by Gasteiger charge is -2.36. The van der Waals surface area contributed by atoms with Crippen LogP contribution in [0.4, 0.5) is 0 Å². The quantitative estimate of drug-likeness (QED) is 0.821. The van der Waals surface area contributed by atoms with Crippen molar-refractivity contribution in [2.45, 2.75) is 19.4 Å². The van der Waals surface area contributed by atoms with Gasteiger partial charge in [0.05, 0.1) is 17.1 Å². The number of hydrogen-bond acceptors (Lipinski definition) is 3. The molecule has 1 fully saturated rings. The van der Waals surface area contributed by atoms with Crippen LogP contribution in [-0.4, -0.2) is 47.9 Å². The van der Waals surface area contributed by atoms with Gasteiger partial charge in [0.15, 0.2) is 0 Å².